The first-order chi connectivity index (χ1) is 9.97. The predicted octanol–water partition coefficient (Wildman–Crippen LogP) is 2.39. The van der Waals surface area contributed by atoms with Gasteiger partial charge >= 0.3 is 5.69 Å². The van der Waals surface area contributed by atoms with Crippen molar-refractivity contribution in [2.45, 2.75) is 6.42 Å². The summed E-state index contributed by atoms with van der Waals surface area (Å²) in [4.78, 5) is 20.3. The van der Waals surface area contributed by atoms with Gasteiger partial charge in [-0.05, 0) is 6.42 Å². The maximum absolute atomic E-state index is 11.1. The molecule has 0 heterocycles. The lowest BCUT2D eigenvalue weighted by Crippen LogP contribution is -2.06. The number of ether oxygens (including phenoxy) is 2. The summed E-state index contributed by atoms with van der Waals surface area (Å²) < 4.78 is 10.1. The number of methoxy groups -OCH3 is 1. The van der Waals surface area contributed by atoms with E-state index in [1.807, 2.05) is 0 Å². The molecule has 0 aliphatic heterocycles. The van der Waals surface area contributed by atoms with E-state index in [4.69, 9.17) is 26.3 Å². The fraction of sp³-hybridized carbons (Fsp3) is 0.364. The second-order valence-corrected chi connectivity index (χ2v) is 4.05. The van der Waals surface area contributed by atoms with Crippen LogP contribution in [0.25, 0.3) is 0 Å². The van der Waals surface area contributed by atoms with Gasteiger partial charge in [-0.1, -0.05) is 0 Å². The molecule has 0 bridgehead atoms. The number of rotatable bonds is 7. The molecule has 0 spiro atoms. The molecule has 21 heavy (non-hydrogen) atoms. The van der Waals surface area contributed by atoms with Crippen LogP contribution in [0, 0.1) is 31.6 Å². The van der Waals surface area contributed by atoms with Crippen LogP contribution >= 0.6 is 11.6 Å². The van der Waals surface area contributed by atoms with E-state index in [2.05, 4.69) is 0 Å². The smallest absolute Gasteiger partial charge is 0.339 e. The molecule has 1 aromatic rings. The van der Waals surface area contributed by atoms with Gasteiger partial charge in [-0.15, -0.1) is 11.6 Å². The predicted molar refractivity (Wildman–Crippen MR) is 71.8 cm³/mol. The van der Waals surface area contributed by atoms with Crippen LogP contribution in [0.15, 0.2) is 6.07 Å². The van der Waals surface area contributed by atoms with Gasteiger partial charge in [-0.25, -0.2) is 0 Å². The standard InChI is InChI=1S/C11H10ClN3O6/c1-20-9-5-8(14(16)17)7(6-13)10(15(18)19)11(9)21-4-2-3-12/h5H,2-4H2,1H3. The molecular formula is C11H10ClN3O6. The molecule has 0 saturated carbocycles. The summed E-state index contributed by atoms with van der Waals surface area (Å²) in [6, 6.07) is 2.38. The van der Waals surface area contributed by atoms with Crippen LogP contribution in [-0.2, 0) is 0 Å². The molecule has 0 aromatic heterocycles. The molecule has 0 saturated heterocycles. The normalized spacial score (nSPS) is 9.76. The number of benzene rings is 1. The van der Waals surface area contributed by atoms with Gasteiger partial charge in [0.1, 0.15) is 6.07 Å². The first-order valence-corrected chi connectivity index (χ1v) is 6.14. The lowest BCUT2D eigenvalue weighted by atomic mass is 10.1. The van der Waals surface area contributed by atoms with Crippen LogP contribution in [-0.4, -0.2) is 29.4 Å². The second-order valence-electron chi connectivity index (χ2n) is 3.67. The maximum Gasteiger partial charge on any atom is 0.339 e. The lowest BCUT2D eigenvalue weighted by Gasteiger charge is -2.11. The number of nitro benzene ring substituents is 2. The lowest BCUT2D eigenvalue weighted by molar-refractivity contribution is -0.395. The summed E-state index contributed by atoms with van der Waals surface area (Å²) >= 11 is 5.48. The van der Waals surface area contributed by atoms with Crippen LogP contribution in [0.4, 0.5) is 11.4 Å². The van der Waals surface area contributed by atoms with Crippen LogP contribution < -0.4 is 9.47 Å². The molecule has 0 fully saturated rings. The number of halogens is 1. The SMILES string of the molecule is COc1cc([N+](=O)[O-])c(C#N)c([N+](=O)[O-])c1OCCCCl. The minimum atomic E-state index is -0.913. The van der Waals surface area contributed by atoms with E-state index in [0.717, 1.165) is 6.07 Å². The van der Waals surface area contributed by atoms with Gasteiger partial charge in [0.25, 0.3) is 5.69 Å². The zero-order chi connectivity index (χ0) is 16.0. The third-order valence-corrected chi connectivity index (χ3v) is 2.70. The van der Waals surface area contributed by atoms with Gasteiger partial charge in [-0.2, -0.15) is 5.26 Å². The number of nitro groups is 2. The van der Waals surface area contributed by atoms with Crippen molar-refractivity contribution < 1.29 is 19.3 Å². The third kappa shape index (κ3) is 3.49. The largest absolute Gasteiger partial charge is 0.492 e. The van der Waals surface area contributed by atoms with Crippen molar-refractivity contribution in [3.63, 3.8) is 0 Å². The highest BCUT2D eigenvalue weighted by atomic mass is 35.5. The van der Waals surface area contributed by atoms with Crippen LogP contribution in [0.3, 0.4) is 0 Å². The maximum atomic E-state index is 11.1. The molecule has 1 aromatic carbocycles. The van der Waals surface area contributed by atoms with E-state index < -0.39 is 26.8 Å². The molecule has 0 aliphatic rings. The van der Waals surface area contributed by atoms with E-state index >= 15 is 0 Å². The number of nitriles is 1. The zero-order valence-electron chi connectivity index (χ0n) is 10.9. The molecule has 0 amide bonds. The van der Waals surface area contributed by atoms with Gasteiger partial charge in [0.05, 0.1) is 29.6 Å². The van der Waals surface area contributed by atoms with Crippen molar-refractivity contribution in [2.75, 3.05) is 19.6 Å². The number of hydrogen-bond acceptors (Lipinski definition) is 7. The van der Waals surface area contributed by atoms with E-state index in [-0.39, 0.29) is 24.0 Å². The van der Waals surface area contributed by atoms with Crippen molar-refractivity contribution in [3.8, 4) is 17.6 Å². The molecule has 0 N–H and O–H groups in total. The van der Waals surface area contributed by atoms with Crippen LogP contribution in [0.1, 0.15) is 12.0 Å². The van der Waals surface area contributed by atoms with E-state index in [9.17, 15) is 20.2 Å². The Balaban J connectivity index is 3.56. The highest BCUT2D eigenvalue weighted by Crippen LogP contribution is 2.44. The van der Waals surface area contributed by atoms with Gasteiger partial charge < -0.3 is 9.47 Å². The first kappa shape index (κ1) is 16.5. The second kappa shape index (κ2) is 7.25. The average Bonchev–Trinajstić information content (AvgIpc) is 2.45. The third-order valence-electron chi connectivity index (χ3n) is 2.43. The van der Waals surface area contributed by atoms with Crippen LogP contribution in [0.5, 0.6) is 11.5 Å². The summed E-state index contributed by atoms with van der Waals surface area (Å²) in [5.41, 5.74) is -2.20. The van der Waals surface area contributed by atoms with Crippen LogP contribution in [0.2, 0.25) is 0 Å². The van der Waals surface area contributed by atoms with Crippen molar-refractivity contribution in [2.24, 2.45) is 0 Å². The van der Waals surface area contributed by atoms with Gasteiger partial charge in [0.2, 0.25) is 11.3 Å². The molecule has 9 nitrogen and oxygen atoms in total. The van der Waals surface area contributed by atoms with Crippen molar-refractivity contribution in [1.29, 1.82) is 5.26 Å². The highest BCUT2D eigenvalue weighted by molar-refractivity contribution is 6.17. The fourth-order valence-corrected chi connectivity index (χ4v) is 1.67. The van der Waals surface area contributed by atoms with Crippen molar-refractivity contribution >= 4 is 23.0 Å². The Morgan fingerprint density at radius 2 is 2.05 bits per heavy atom. The molecule has 0 radical (unpaired) electrons. The van der Waals surface area contributed by atoms with Gasteiger partial charge in [0, 0.05) is 5.88 Å². The molecule has 0 aliphatic carbocycles. The monoisotopic (exact) mass is 315 g/mol. The quantitative estimate of drug-likeness (QED) is 0.327. The Bertz CT molecular complexity index is 613. The van der Waals surface area contributed by atoms with Gasteiger partial charge in [-0.3, -0.25) is 20.2 Å². The molecular weight excluding hydrogens is 306 g/mol. The minimum absolute atomic E-state index is 0.0450. The Kier molecular flexibility index (Phi) is 5.68. The number of nitrogens with zero attached hydrogens (tertiary/aromatic N) is 3. The Labute approximate surface area is 123 Å². The van der Waals surface area contributed by atoms with E-state index in [1.54, 1.807) is 0 Å². The molecule has 0 unspecified atom stereocenters. The molecule has 0 atom stereocenters. The minimum Gasteiger partial charge on any atom is -0.492 e. The Morgan fingerprint density at radius 1 is 1.38 bits per heavy atom. The highest BCUT2D eigenvalue weighted by Gasteiger charge is 2.34. The summed E-state index contributed by atoms with van der Waals surface area (Å²) in [6.45, 7) is 0.0450. The average molecular weight is 316 g/mol. The Morgan fingerprint density at radius 3 is 2.48 bits per heavy atom. The zero-order valence-corrected chi connectivity index (χ0v) is 11.6. The Hall–Kier alpha value is -2.60. The molecule has 10 heteroatoms. The summed E-state index contributed by atoms with van der Waals surface area (Å²) in [5.74, 6) is -0.245. The van der Waals surface area contributed by atoms with E-state index in [0.29, 0.717) is 6.42 Å². The van der Waals surface area contributed by atoms with Crippen molar-refractivity contribution in [1.82, 2.24) is 0 Å². The first-order valence-electron chi connectivity index (χ1n) is 5.60. The fourth-order valence-electron chi connectivity index (χ4n) is 1.56. The molecule has 1 rings (SSSR count). The van der Waals surface area contributed by atoms with E-state index in [1.165, 1.54) is 13.2 Å². The summed E-state index contributed by atoms with van der Waals surface area (Å²) in [7, 11) is 1.18. The summed E-state index contributed by atoms with van der Waals surface area (Å²) in [6.07, 6.45) is 0.404. The van der Waals surface area contributed by atoms with Crippen molar-refractivity contribution in [3.05, 3.63) is 31.9 Å². The van der Waals surface area contributed by atoms with Gasteiger partial charge in [0.15, 0.2) is 5.75 Å². The summed E-state index contributed by atoms with van der Waals surface area (Å²) in [5, 5.41) is 31.0. The number of alkyl halides is 1. The number of hydrogen-bond donors (Lipinski definition) is 0. The molecule has 112 valence electrons. The topological polar surface area (TPSA) is 129 Å².